The van der Waals surface area contributed by atoms with Crippen molar-refractivity contribution >= 4 is 10.8 Å². The van der Waals surface area contributed by atoms with Crippen LogP contribution in [0.1, 0.15) is 24.8 Å². The van der Waals surface area contributed by atoms with Crippen molar-refractivity contribution in [3.05, 3.63) is 42.2 Å². The Morgan fingerprint density at radius 2 is 2.12 bits per heavy atom. The molecule has 1 saturated carbocycles. The predicted octanol–water partition coefficient (Wildman–Crippen LogP) is 2.62. The van der Waals surface area contributed by atoms with Crippen LogP contribution in [0.4, 0.5) is 0 Å². The molecule has 2 aromatic rings. The summed E-state index contributed by atoms with van der Waals surface area (Å²) in [5, 5.41) is 2.54. The Labute approximate surface area is 95.5 Å². The number of fused-ring (bicyclic) bond motifs is 1. The van der Waals surface area contributed by atoms with E-state index in [0.717, 1.165) is 6.54 Å². The van der Waals surface area contributed by atoms with Gasteiger partial charge in [0.05, 0.1) is 0 Å². The highest BCUT2D eigenvalue weighted by Gasteiger charge is 2.38. The van der Waals surface area contributed by atoms with Crippen LogP contribution in [0.5, 0.6) is 0 Å². The van der Waals surface area contributed by atoms with E-state index in [4.69, 9.17) is 5.73 Å². The topological polar surface area (TPSA) is 38.9 Å². The van der Waals surface area contributed by atoms with Gasteiger partial charge < -0.3 is 5.73 Å². The smallest absolute Gasteiger partial charge is 0.0346 e. The van der Waals surface area contributed by atoms with Crippen LogP contribution in [-0.4, -0.2) is 11.5 Å². The van der Waals surface area contributed by atoms with Crippen LogP contribution in [0.3, 0.4) is 0 Å². The van der Waals surface area contributed by atoms with E-state index in [2.05, 4.69) is 29.2 Å². The number of aromatic nitrogens is 1. The zero-order valence-corrected chi connectivity index (χ0v) is 9.32. The molecule has 0 unspecified atom stereocenters. The van der Waals surface area contributed by atoms with Crippen LogP contribution in [-0.2, 0) is 5.41 Å². The van der Waals surface area contributed by atoms with E-state index >= 15 is 0 Å². The summed E-state index contributed by atoms with van der Waals surface area (Å²) >= 11 is 0. The average molecular weight is 212 g/mol. The Morgan fingerprint density at radius 3 is 2.81 bits per heavy atom. The maximum Gasteiger partial charge on any atom is 0.0346 e. The lowest BCUT2D eigenvalue weighted by atomic mass is 9.63. The van der Waals surface area contributed by atoms with Crippen molar-refractivity contribution < 1.29 is 0 Å². The van der Waals surface area contributed by atoms with Crippen molar-refractivity contribution in [1.29, 1.82) is 0 Å². The molecule has 0 aliphatic heterocycles. The Morgan fingerprint density at radius 1 is 1.25 bits per heavy atom. The molecular weight excluding hydrogens is 196 g/mol. The lowest BCUT2D eigenvalue weighted by molar-refractivity contribution is 0.255. The van der Waals surface area contributed by atoms with Crippen LogP contribution in [0, 0.1) is 0 Å². The van der Waals surface area contributed by atoms with Gasteiger partial charge in [-0.2, -0.15) is 0 Å². The number of nitrogens with zero attached hydrogens (tertiary/aromatic N) is 1. The molecule has 0 amide bonds. The maximum atomic E-state index is 5.98. The van der Waals surface area contributed by atoms with Crippen LogP contribution < -0.4 is 5.73 Å². The molecule has 0 bridgehead atoms. The van der Waals surface area contributed by atoms with Crippen molar-refractivity contribution in [1.82, 2.24) is 4.98 Å². The van der Waals surface area contributed by atoms with Crippen molar-refractivity contribution in [2.75, 3.05) is 6.54 Å². The quantitative estimate of drug-likeness (QED) is 0.831. The van der Waals surface area contributed by atoms with Crippen LogP contribution >= 0.6 is 0 Å². The molecule has 1 aliphatic carbocycles. The molecular formula is C14H16N2. The van der Waals surface area contributed by atoms with Gasteiger partial charge in [-0.05, 0) is 29.9 Å². The molecule has 2 N–H and O–H groups in total. The van der Waals surface area contributed by atoms with Gasteiger partial charge in [-0.25, -0.2) is 0 Å². The lowest BCUT2D eigenvalue weighted by Gasteiger charge is -2.42. The summed E-state index contributed by atoms with van der Waals surface area (Å²) in [4.78, 5) is 4.17. The van der Waals surface area contributed by atoms with Crippen molar-refractivity contribution in [3.8, 4) is 0 Å². The molecule has 1 aromatic heterocycles. The van der Waals surface area contributed by atoms with Crippen molar-refractivity contribution in [3.63, 3.8) is 0 Å². The third kappa shape index (κ3) is 1.26. The number of hydrogen-bond acceptors (Lipinski definition) is 2. The third-order valence-corrected chi connectivity index (χ3v) is 3.95. The number of hydrogen-bond donors (Lipinski definition) is 1. The number of nitrogens with two attached hydrogens (primary N) is 1. The summed E-state index contributed by atoms with van der Waals surface area (Å²) in [5.74, 6) is 0. The summed E-state index contributed by atoms with van der Waals surface area (Å²) in [6.07, 6.45) is 7.56. The van der Waals surface area contributed by atoms with Gasteiger partial charge in [-0.15, -0.1) is 0 Å². The Balaban J connectivity index is 2.23. The van der Waals surface area contributed by atoms with E-state index in [1.54, 1.807) is 0 Å². The largest absolute Gasteiger partial charge is 0.330 e. The molecule has 0 spiro atoms. The highest BCUT2D eigenvalue weighted by molar-refractivity contribution is 5.86. The first-order valence-electron chi connectivity index (χ1n) is 5.89. The van der Waals surface area contributed by atoms with Gasteiger partial charge in [0.1, 0.15) is 0 Å². The predicted molar refractivity (Wildman–Crippen MR) is 66.3 cm³/mol. The fourth-order valence-corrected chi connectivity index (χ4v) is 2.77. The molecule has 2 heteroatoms. The van der Waals surface area contributed by atoms with Gasteiger partial charge in [-0.1, -0.05) is 24.6 Å². The molecule has 0 saturated heterocycles. The van der Waals surface area contributed by atoms with Gasteiger partial charge in [0.2, 0.25) is 0 Å². The Bertz CT molecular complexity index is 504. The van der Waals surface area contributed by atoms with Gasteiger partial charge in [0.25, 0.3) is 0 Å². The second-order valence-corrected chi connectivity index (χ2v) is 4.74. The molecule has 1 fully saturated rings. The van der Waals surface area contributed by atoms with Crippen LogP contribution in [0.2, 0.25) is 0 Å². The van der Waals surface area contributed by atoms with E-state index in [0.29, 0.717) is 0 Å². The maximum absolute atomic E-state index is 5.98. The minimum atomic E-state index is 0.237. The molecule has 16 heavy (non-hydrogen) atoms. The number of benzene rings is 1. The first-order chi connectivity index (χ1) is 7.86. The van der Waals surface area contributed by atoms with Crippen LogP contribution in [0.15, 0.2) is 36.7 Å². The number of pyridine rings is 1. The van der Waals surface area contributed by atoms with E-state index in [9.17, 15) is 0 Å². The summed E-state index contributed by atoms with van der Waals surface area (Å²) in [5.41, 5.74) is 7.63. The van der Waals surface area contributed by atoms with Crippen molar-refractivity contribution in [2.45, 2.75) is 24.7 Å². The highest BCUT2D eigenvalue weighted by atomic mass is 14.6. The van der Waals surface area contributed by atoms with Gasteiger partial charge in [-0.3, -0.25) is 4.98 Å². The van der Waals surface area contributed by atoms with Gasteiger partial charge in [0, 0.05) is 29.7 Å². The standard InChI is InChI=1S/C14H16N2/c15-10-14(6-2-7-14)13-4-1-3-11-9-16-8-5-12(11)13/h1,3-5,8-9H,2,6-7,10,15H2. The lowest BCUT2D eigenvalue weighted by Crippen LogP contribution is -2.41. The molecule has 1 heterocycles. The summed E-state index contributed by atoms with van der Waals surface area (Å²) in [6, 6.07) is 8.58. The molecule has 0 atom stereocenters. The first-order valence-corrected chi connectivity index (χ1v) is 5.89. The third-order valence-electron chi connectivity index (χ3n) is 3.95. The SMILES string of the molecule is NCC1(c2cccc3cnccc23)CCC1. The van der Waals surface area contributed by atoms with Gasteiger partial charge in [0.15, 0.2) is 0 Å². The Kier molecular flexibility index (Phi) is 2.18. The second-order valence-electron chi connectivity index (χ2n) is 4.74. The molecule has 0 radical (unpaired) electrons. The molecule has 2 nitrogen and oxygen atoms in total. The number of rotatable bonds is 2. The van der Waals surface area contributed by atoms with Crippen LogP contribution in [0.25, 0.3) is 10.8 Å². The normalized spacial score (nSPS) is 18.3. The molecule has 82 valence electrons. The fraction of sp³-hybridized carbons (Fsp3) is 0.357. The zero-order valence-electron chi connectivity index (χ0n) is 9.32. The second kappa shape index (κ2) is 3.56. The van der Waals surface area contributed by atoms with Crippen molar-refractivity contribution in [2.24, 2.45) is 5.73 Å². The minimum absolute atomic E-state index is 0.237. The molecule has 1 aromatic carbocycles. The summed E-state index contributed by atoms with van der Waals surface area (Å²) < 4.78 is 0. The minimum Gasteiger partial charge on any atom is -0.330 e. The Hall–Kier alpha value is -1.41. The zero-order chi connectivity index (χ0) is 11.0. The van der Waals surface area contributed by atoms with Gasteiger partial charge >= 0.3 is 0 Å². The molecule has 3 rings (SSSR count). The molecule has 1 aliphatic rings. The monoisotopic (exact) mass is 212 g/mol. The first kappa shape index (κ1) is 9.79. The van der Waals surface area contributed by atoms with E-state index in [1.807, 2.05) is 12.4 Å². The van der Waals surface area contributed by atoms with E-state index in [-0.39, 0.29) is 5.41 Å². The average Bonchev–Trinajstić information content (AvgIpc) is 2.29. The van der Waals surface area contributed by atoms with E-state index in [1.165, 1.54) is 35.6 Å². The van der Waals surface area contributed by atoms with E-state index < -0.39 is 0 Å². The highest BCUT2D eigenvalue weighted by Crippen LogP contribution is 2.45. The fourth-order valence-electron chi connectivity index (χ4n) is 2.77. The summed E-state index contributed by atoms with van der Waals surface area (Å²) in [7, 11) is 0. The summed E-state index contributed by atoms with van der Waals surface area (Å²) in [6.45, 7) is 0.758.